The molecule has 1 aliphatic rings. The monoisotopic (exact) mass is 283 g/mol. The van der Waals surface area contributed by atoms with Crippen LogP contribution in [0.3, 0.4) is 0 Å². The Hall–Kier alpha value is -0.490. The molecule has 1 atom stereocenters. The Morgan fingerprint density at radius 1 is 1.42 bits per heavy atom. The summed E-state index contributed by atoms with van der Waals surface area (Å²) in [6, 6.07) is 0.345. The normalized spacial score (nSPS) is 20.4. The average molecular weight is 283 g/mol. The van der Waals surface area contributed by atoms with Gasteiger partial charge in [0.2, 0.25) is 0 Å². The van der Waals surface area contributed by atoms with Gasteiger partial charge in [0.1, 0.15) is 0 Å². The first-order valence-electron chi connectivity index (χ1n) is 7.01. The topological polar surface area (TPSA) is 60.2 Å². The quantitative estimate of drug-likeness (QED) is 0.869. The van der Waals surface area contributed by atoms with Crippen LogP contribution in [0, 0.1) is 19.3 Å². The Labute approximate surface area is 119 Å². The van der Waals surface area contributed by atoms with Crippen LogP contribution in [-0.4, -0.2) is 31.3 Å². The molecule has 0 spiro atoms. The Morgan fingerprint density at radius 3 is 2.63 bits per heavy atom. The zero-order valence-electron chi connectivity index (χ0n) is 12.2. The van der Waals surface area contributed by atoms with Gasteiger partial charge in [0.05, 0.1) is 10.7 Å². The number of nitrogens with two attached hydrogens (primary N) is 1. The largest absolute Gasteiger partial charge is 0.381 e. The first-order chi connectivity index (χ1) is 9.06. The molecule has 0 radical (unpaired) electrons. The van der Waals surface area contributed by atoms with Crippen molar-refractivity contribution >= 4 is 11.3 Å². The molecule has 1 aromatic heterocycles. The van der Waals surface area contributed by atoms with Crippen LogP contribution in [0.1, 0.15) is 41.4 Å². The lowest BCUT2D eigenvalue weighted by Gasteiger charge is -2.37. The average Bonchev–Trinajstić information content (AvgIpc) is 2.76. The predicted molar refractivity (Wildman–Crippen MR) is 79.5 cm³/mol. The highest BCUT2D eigenvalue weighted by molar-refractivity contribution is 7.11. The second-order valence-electron chi connectivity index (χ2n) is 5.60. The molecule has 0 aromatic carbocycles. The van der Waals surface area contributed by atoms with Gasteiger partial charge >= 0.3 is 0 Å². The predicted octanol–water partition coefficient (Wildman–Crippen LogP) is 2.17. The number of thiazole rings is 1. The molecule has 1 saturated heterocycles. The zero-order valence-corrected chi connectivity index (χ0v) is 13.0. The van der Waals surface area contributed by atoms with Crippen molar-refractivity contribution in [2.45, 2.75) is 39.7 Å². The minimum Gasteiger partial charge on any atom is -0.381 e. The molecule has 3 N–H and O–H groups in total. The van der Waals surface area contributed by atoms with Crippen molar-refractivity contribution in [3.05, 3.63) is 15.6 Å². The minimum atomic E-state index is 0.208. The van der Waals surface area contributed by atoms with Crippen molar-refractivity contribution in [2.24, 2.45) is 11.1 Å². The van der Waals surface area contributed by atoms with E-state index in [-0.39, 0.29) is 5.41 Å². The van der Waals surface area contributed by atoms with Gasteiger partial charge in [-0.15, -0.1) is 11.3 Å². The van der Waals surface area contributed by atoms with E-state index in [0.717, 1.165) is 49.8 Å². The van der Waals surface area contributed by atoms with Gasteiger partial charge in [-0.3, -0.25) is 0 Å². The van der Waals surface area contributed by atoms with E-state index in [1.807, 2.05) is 0 Å². The van der Waals surface area contributed by atoms with Crippen LogP contribution < -0.4 is 11.1 Å². The van der Waals surface area contributed by atoms with Crippen LogP contribution >= 0.6 is 11.3 Å². The molecule has 1 unspecified atom stereocenters. The van der Waals surface area contributed by atoms with Gasteiger partial charge in [0.25, 0.3) is 0 Å². The van der Waals surface area contributed by atoms with Crippen molar-refractivity contribution in [3.8, 4) is 0 Å². The number of hydrogen-bond donors (Lipinski definition) is 2. The maximum absolute atomic E-state index is 5.99. The van der Waals surface area contributed by atoms with Crippen LogP contribution in [0.2, 0.25) is 0 Å². The number of nitrogens with zero attached hydrogens (tertiary/aromatic N) is 1. The zero-order chi connectivity index (χ0) is 13.9. The maximum atomic E-state index is 5.99. The van der Waals surface area contributed by atoms with Gasteiger partial charge < -0.3 is 15.8 Å². The molecule has 0 saturated carbocycles. The molecule has 108 valence electrons. The van der Waals surface area contributed by atoms with E-state index in [1.165, 1.54) is 4.88 Å². The first kappa shape index (κ1) is 14.9. The molecule has 0 aliphatic carbocycles. The van der Waals surface area contributed by atoms with Crippen molar-refractivity contribution in [3.63, 3.8) is 0 Å². The highest BCUT2D eigenvalue weighted by Crippen LogP contribution is 2.30. The highest BCUT2D eigenvalue weighted by Gasteiger charge is 2.31. The molecular formula is C14H25N3OS. The number of aryl methyl sites for hydroxylation is 2. The van der Waals surface area contributed by atoms with Crippen molar-refractivity contribution in [1.82, 2.24) is 10.3 Å². The molecular weight excluding hydrogens is 258 g/mol. The van der Waals surface area contributed by atoms with Crippen LogP contribution in [0.15, 0.2) is 0 Å². The van der Waals surface area contributed by atoms with Crippen molar-refractivity contribution in [2.75, 3.05) is 26.3 Å². The van der Waals surface area contributed by atoms with E-state index in [9.17, 15) is 0 Å². The summed E-state index contributed by atoms with van der Waals surface area (Å²) in [6.07, 6.45) is 2.12. The summed E-state index contributed by atoms with van der Waals surface area (Å²) in [5, 5.41) is 4.79. The van der Waals surface area contributed by atoms with Crippen molar-refractivity contribution < 1.29 is 4.74 Å². The van der Waals surface area contributed by atoms with E-state index in [2.05, 4.69) is 31.1 Å². The first-order valence-corrected chi connectivity index (χ1v) is 7.83. The van der Waals surface area contributed by atoms with E-state index in [0.29, 0.717) is 6.04 Å². The molecule has 0 amide bonds. The number of nitrogens with one attached hydrogen (secondary N) is 1. The van der Waals surface area contributed by atoms with Gasteiger partial charge in [0, 0.05) is 30.7 Å². The van der Waals surface area contributed by atoms with Gasteiger partial charge in [-0.2, -0.15) is 0 Å². The molecule has 1 aromatic rings. The number of hydrogen-bond acceptors (Lipinski definition) is 5. The van der Waals surface area contributed by atoms with Gasteiger partial charge in [0.15, 0.2) is 0 Å². The fourth-order valence-electron chi connectivity index (χ4n) is 2.67. The molecule has 1 aliphatic heterocycles. The SMILES string of the molecule is Cc1nc(C)c(C(C)NCC2(CN)CCOCC2)s1. The molecule has 2 rings (SSSR count). The lowest BCUT2D eigenvalue weighted by molar-refractivity contribution is 0.0182. The van der Waals surface area contributed by atoms with Gasteiger partial charge in [-0.1, -0.05) is 0 Å². The Balaban J connectivity index is 1.95. The second kappa shape index (κ2) is 6.31. The van der Waals surface area contributed by atoms with E-state index < -0.39 is 0 Å². The van der Waals surface area contributed by atoms with Crippen molar-refractivity contribution in [1.29, 1.82) is 0 Å². The van der Waals surface area contributed by atoms with Crippen LogP contribution in [0.5, 0.6) is 0 Å². The summed E-state index contributed by atoms with van der Waals surface area (Å²) < 4.78 is 5.45. The van der Waals surface area contributed by atoms with Gasteiger partial charge in [-0.05, 0) is 45.6 Å². The summed E-state index contributed by atoms with van der Waals surface area (Å²) in [6.45, 7) is 9.74. The lowest BCUT2D eigenvalue weighted by atomic mass is 9.80. The third kappa shape index (κ3) is 3.54. The Kier molecular flexibility index (Phi) is 4.95. The summed E-state index contributed by atoms with van der Waals surface area (Å²) in [5.74, 6) is 0. The van der Waals surface area contributed by atoms with E-state index >= 15 is 0 Å². The van der Waals surface area contributed by atoms with Gasteiger partial charge in [-0.25, -0.2) is 4.98 Å². The number of rotatable bonds is 5. The third-order valence-electron chi connectivity index (χ3n) is 4.10. The summed E-state index contributed by atoms with van der Waals surface area (Å²) in [5.41, 5.74) is 7.35. The number of aromatic nitrogens is 1. The van der Waals surface area contributed by atoms with Crippen LogP contribution in [-0.2, 0) is 4.74 Å². The van der Waals surface area contributed by atoms with Crippen LogP contribution in [0.4, 0.5) is 0 Å². The molecule has 1 fully saturated rings. The van der Waals surface area contributed by atoms with Crippen LogP contribution in [0.25, 0.3) is 0 Å². The summed E-state index contributed by atoms with van der Waals surface area (Å²) in [4.78, 5) is 5.84. The van der Waals surface area contributed by atoms with E-state index in [1.54, 1.807) is 11.3 Å². The Bertz CT molecular complexity index is 413. The molecule has 19 heavy (non-hydrogen) atoms. The summed E-state index contributed by atoms with van der Waals surface area (Å²) in [7, 11) is 0. The smallest absolute Gasteiger partial charge is 0.0900 e. The highest BCUT2D eigenvalue weighted by atomic mass is 32.1. The lowest BCUT2D eigenvalue weighted by Crippen LogP contribution is -2.44. The molecule has 4 nitrogen and oxygen atoms in total. The minimum absolute atomic E-state index is 0.208. The molecule has 0 bridgehead atoms. The third-order valence-corrected chi connectivity index (χ3v) is 5.36. The van der Waals surface area contributed by atoms with E-state index in [4.69, 9.17) is 10.5 Å². The molecule has 2 heterocycles. The summed E-state index contributed by atoms with van der Waals surface area (Å²) >= 11 is 1.79. The maximum Gasteiger partial charge on any atom is 0.0900 e. The molecule has 5 heteroatoms. The second-order valence-corrected chi connectivity index (χ2v) is 6.84. The fraction of sp³-hybridized carbons (Fsp3) is 0.786. The fourth-order valence-corrected chi connectivity index (χ4v) is 3.62. The number of ether oxygens (including phenoxy) is 1. The standard InChI is InChI=1S/C14H25N3OS/c1-10(13-11(2)17-12(3)19-13)16-9-14(8-15)4-6-18-7-5-14/h10,16H,4-9,15H2,1-3H3. The Morgan fingerprint density at radius 2 is 2.11 bits per heavy atom.